The maximum atomic E-state index is 14.7. The third-order valence-corrected chi connectivity index (χ3v) is 5.74. The van der Waals surface area contributed by atoms with Crippen molar-refractivity contribution in [3.8, 4) is 5.75 Å². The van der Waals surface area contributed by atoms with Gasteiger partial charge in [0.05, 0.1) is 22.3 Å². The van der Waals surface area contributed by atoms with Gasteiger partial charge in [-0.3, -0.25) is 0 Å². The molecule has 2 atom stereocenters. The van der Waals surface area contributed by atoms with Gasteiger partial charge < -0.3 is 4.74 Å². The van der Waals surface area contributed by atoms with Gasteiger partial charge in [0, 0.05) is 17.0 Å². The standard InChI is InChI=1S/C22H14Cl2F2N2O/c23-13-6-9-20-15(10-13)19-11-18(12-4-7-14(25)8-5-12)27-28(19)22(29-20)21-16(24)2-1-3-17(21)26/h1-10,19,22H,11H2/t19-,22+/m1/s1. The quantitative estimate of drug-likeness (QED) is 0.462. The van der Waals surface area contributed by atoms with Crippen LogP contribution in [0.4, 0.5) is 8.78 Å². The van der Waals surface area contributed by atoms with Crippen LogP contribution in [0.15, 0.2) is 65.8 Å². The first-order valence-corrected chi connectivity index (χ1v) is 9.78. The molecule has 29 heavy (non-hydrogen) atoms. The van der Waals surface area contributed by atoms with Gasteiger partial charge in [0.15, 0.2) is 0 Å². The first-order chi connectivity index (χ1) is 14.0. The Labute approximate surface area is 176 Å². The highest BCUT2D eigenvalue weighted by Gasteiger charge is 2.42. The van der Waals surface area contributed by atoms with Crippen molar-refractivity contribution < 1.29 is 13.5 Å². The monoisotopic (exact) mass is 430 g/mol. The van der Waals surface area contributed by atoms with Gasteiger partial charge in [0.2, 0.25) is 6.23 Å². The molecule has 0 spiro atoms. The van der Waals surface area contributed by atoms with Gasteiger partial charge in [-0.2, -0.15) is 5.10 Å². The largest absolute Gasteiger partial charge is 0.464 e. The lowest BCUT2D eigenvalue weighted by Crippen LogP contribution is -2.34. The molecule has 3 nitrogen and oxygen atoms in total. The van der Waals surface area contributed by atoms with Crippen molar-refractivity contribution in [2.24, 2.45) is 5.10 Å². The molecular weight excluding hydrogens is 417 g/mol. The maximum absolute atomic E-state index is 14.7. The first kappa shape index (κ1) is 18.4. The number of fused-ring (bicyclic) bond motifs is 3. The number of hydrogen-bond donors (Lipinski definition) is 0. The van der Waals surface area contributed by atoms with E-state index in [2.05, 4.69) is 0 Å². The Kier molecular flexibility index (Phi) is 4.45. The number of hydrogen-bond acceptors (Lipinski definition) is 3. The van der Waals surface area contributed by atoms with Crippen LogP contribution in [0.2, 0.25) is 10.0 Å². The second kappa shape index (κ2) is 7.01. The fourth-order valence-corrected chi connectivity index (χ4v) is 4.25. The SMILES string of the molecule is Fc1ccc(C2=NN3[C@H](C2)c2cc(Cl)ccc2O[C@H]3c2c(F)cccc2Cl)cc1. The third-order valence-electron chi connectivity index (χ3n) is 5.18. The fourth-order valence-electron chi connectivity index (χ4n) is 3.81. The van der Waals surface area contributed by atoms with E-state index in [-0.39, 0.29) is 22.4 Å². The van der Waals surface area contributed by atoms with E-state index in [4.69, 9.17) is 33.0 Å². The number of halogens is 4. The molecule has 0 N–H and O–H groups in total. The summed E-state index contributed by atoms with van der Waals surface area (Å²) in [6.07, 6.45) is -0.286. The predicted octanol–water partition coefficient (Wildman–Crippen LogP) is 6.51. The topological polar surface area (TPSA) is 24.8 Å². The molecule has 0 saturated heterocycles. The maximum Gasteiger partial charge on any atom is 0.218 e. The molecule has 0 fully saturated rings. The summed E-state index contributed by atoms with van der Waals surface area (Å²) in [5.74, 6) is -0.179. The van der Waals surface area contributed by atoms with Crippen molar-refractivity contribution in [2.45, 2.75) is 18.7 Å². The number of nitrogens with zero attached hydrogens (tertiary/aromatic N) is 2. The predicted molar refractivity (Wildman–Crippen MR) is 108 cm³/mol. The van der Waals surface area contributed by atoms with E-state index in [1.54, 1.807) is 41.4 Å². The van der Waals surface area contributed by atoms with Crippen molar-refractivity contribution in [3.05, 3.63) is 99.0 Å². The Balaban J connectivity index is 1.64. The van der Waals surface area contributed by atoms with E-state index in [0.717, 1.165) is 16.8 Å². The van der Waals surface area contributed by atoms with Gasteiger partial charge in [-0.15, -0.1) is 0 Å². The third kappa shape index (κ3) is 3.15. The van der Waals surface area contributed by atoms with Gasteiger partial charge in [-0.25, -0.2) is 13.8 Å². The lowest BCUT2D eigenvalue weighted by atomic mass is 9.96. The summed E-state index contributed by atoms with van der Waals surface area (Å²) in [5, 5.41) is 7.26. The molecule has 7 heteroatoms. The van der Waals surface area contributed by atoms with Crippen LogP contribution < -0.4 is 4.74 Å². The molecule has 0 amide bonds. The van der Waals surface area contributed by atoms with Crippen LogP contribution in [0.25, 0.3) is 0 Å². The minimum absolute atomic E-state index is 0.210. The Morgan fingerprint density at radius 3 is 2.55 bits per heavy atom. The molecule has 3 aromatic carbocycles. The number of rotatable bonds is 2. The van der Waals surface area contributed by atoms with Crippen molar-refractivity contribution in [3.63, 3.8) is 0 Å². The Bertz CT molecular complexity index is 1110. The van der Waals surface area contributed by atoms with Gasteiger partial charge in [-0.1, -0.05) is 41.4 Å². The van der Waals surface area contributed by atoms with E-state index in [9.17, 15) is 8.78 Å². The second-order valence-corrected chi connectivity index (χ2v) is 7.78. The van der Waals surface area contributed by atoms with Crippen molar-refractivity contribution in [1.29, 1.82) is 0 Å². The van der Waals surface area contributed by atoms with E-state index < -0.39 is 12.0 Å². The summed E-state index contributed by atoms with van der Waals surface area (Å²) in [7, 11) is 0. The summed E-state index contributed by atoms with van der Waals surface area (Å²) < 4.78 is 34.2. The molecule has 0 unspecified atom stereocenters. The molecule has 146 valence electrons. The molecule has 0 radical (unpaired) electrons. The van der Waals surface area contributed by atoms with Gasteiger partial charge >= 0.3 is 0 Å². The molecule has 0 bridgehead atoms. The summed E-state index contributed by atoms with van der Waals surface area (Å²) in [6, 6.07) is 15.8. The highest BCUT2D eigenvalue weighted by molar-refractivity contribution is 6.31. The number of ether oxygens (including phenoxy) is 1. The van der Waals surface area contributed by atoms with Crippen LogP contribution in [0, 0.1) is 11.6 Å². The van der Waals surface area contributed by atoms with Crippen molar-refractivity contribution in [2.75, 3.05) is 0 Å². The molecule has 0 aromatic heterocycles. The highest BCUT2D eigenvalue weighted by atomic mass is 35.5. The Morgan fingerprint density at radius 2 is 1.79 bits per heavy atom. The average Bonchev–Trinajstić information content (AvgIpc) is 3.14. The molecule has 0 saturated carbocycles. The minimum Gasteiger partial charge on any atom is -0.464 e. The van der Waals surface area contributed by atoms with Gasteiger partial charge in [0.1, 0.15) is 17.4 Å². The zero-order valence-electron chi connectivity index (χ0n) is 14.9. The summed E-state index contributed by atoms with van der Waals surface area (Å²) in [5.41, 5.74) is 2.64. The smallest absolute Gasteiger partial charge is 0.218 e. The summed E-state index contributed by atoms with van der Waals surface area (Å²) in [4.78, 5) is 0. The normalized spacial score (nSPS) is 20.0. The van der Waals surface area contributed by atoms with Crippen LogP contribution in [-0.2, 0) is 0 Å². The first-order valence-electron chi connectivity index (χ1n) is 9.03. The molecular formula is C22H14Cl2F2N2O. The van der Waals surface area contributed by atoms with Crippen molar-refractivity contribution in [1.82, 2.24) is 5.01 Å². The zero-order valence-corrected chi connectivity index (χ0v) is 16.5. The van der Waals surface area contributed by atoms with Crippen molar-refractivity contribution >= 4 is 28.9 Å². The molecule has 5 rings (SSSR count). The highest BCUT2D eigenvalue weighted by Crippen LogP contribution is 2.49. The van der Waals surface area contributed by atoms with Gasteiger partial charge in [-0.05, 0) is 48.0 Å². The second-order valence-electron chi connectivity index (χ2n) is 6.94. The van der Waals surface area contributed by atoms with Crippen LogP contribution in [0.1, 0.15) is 35.4 Å². The number of hydrazone groups is 1. The molecule has 0 aliphatic carbocycles. The van der Waals surface area contributed by atoms with E-state index in [0.29, 0.717) is 17.2 Å². The van der Waals surface area contributed by atoms with E-state index in [1.807, 2.05) is 6.07 Å². The van der Waals surface area contributed by atoms with E-state index in [1.165, 1.54) is 18.2 Å². The van der Waals surface area contributed by atoms with Crippen LogP contribution in [0.3, 0.4) is 0 Å². The molecule has 2 aliphatic rings. The Hall–Kier alpha value is -2.63. The van der Waals surface area contributed by atoms with Gasteiger partial charge in [0.25, 0.3) is 0 Å². The molecule has 3 aromatic rings. The lowest BCUT2D eigenvalue weighted by molar-refractivity contribution is -0.0211. The van der Waals surface area contributed by atoms with E-state index >= 15 is 0 Å². The average molecular weight is 431 g/mol. The summed E-state index contributed by atoms with van der Waals surface area (Å²) >= 11 is 12.5. The fraction of sp³-hybridized carbons (Fsp3) is 0.136. The zero-order chi connectivity index (χ0) is 20.1. The molecule has 2 heterocycles. The van der Waals surface area contributed by atoms with Crippen LogP contribution >= 0.6 is 23.2 Å². The summed E-state index contributed by atoms with van der Waals surface area (Å²) in [6.45, 7) is 0. The molecule has 2 aliphatic heterocycles. The lowest BCUT2D eigenvalue weighted by Gasteiger charge is -2.38. The van der Waals surface area contributed by atoms with Crippen LogP contribution in [-0.4, -0.2) is 10.7 Å². The van der Waals surface area contributed by atoms with Crippen LogP contribution in [0.5, 0.6) is 5.75 Å². The number of benzene rings is 3. The minimum atomic E-state index is -0.833. The Morgan fingerprint density at radius 1 is 1.00 bits per heavy atom.